The molecule has 0 aliphatic heterocycles. The number of esters is 2. The minimum Gasteiger partial charge on any atom is -0.423 e. The molecule has 31 heavy (non-hydrogen) atoms. The van der Waals surface area contributed by atoms with E-state index in [1.165, 1.54) is 25.7 Å². The maximum absolute atomic E-state index is 12.5. The van der Waals surface area contributed by atoms with Gasteiger partial charge in [0.25, 0.3) is 0 Å². The molecule has 1 rings (SSSR count). The van der Waals surface area contributed by atoms with Gasteiger partial charge in [-0.2, -0.15) is 0 Å². The highest BCUT2D eigenvalue weighted by Crippen LogP contribution is 2.33. The lowest BCUT2D eigenvalue weighted by Crippen LogP contribution is -2.13. The van der Waals surface area contributed by atoms with Crippen LogP contribution in [0.4, 0.5) is 0 Å². The molecule has 0 radical (unpaired) electrons. The van der Waals surface area contributed by atoms with Crippen LogP contribution < -0.4 is 9.47 Å². The van der Waals surface area contributed by atoms with Crippen molar-refractivity contribution in [2.24, 2.45) is 0 Å². The molecular weight excluding hydrogens is 388 g/mol. The minimum atomic E-state index is -0.251. The van der Waals surface area contributed by atoms with Crippen molar-refractivity contribution in [3.8, 4) is 11.5 Å². The van der Waals surface area contributed by atoms with Crippen LogP contribution in [0, 0.1) is 0 Å². The number of para-hydroxylation sites is 1. The molecule has 0 unspecified atom stereocenters. The Morgan fingerprint density at radius 2 is 1.16 bits per heavy atom. The van der Waals surface area contributed by atoms with Crippen LogP contribution >= 0.6 is 0 Å². The van der Waals surface area contributed by atoms with Crippen LogP contribution in [0.5, 0.6) is 11.5 Å². The first kappa shape index (κ1) is 27.2. The van der Waals surface area contributed by atoms with Gasteiger partial charge in [-0.3, -0.25) is 9.59 Å². The van der Waals surface area contributed by atoms with E-state index in [1.807, 2.05) is 12.1 Å². The van der Waals surface area contributed by atoms with Crippen molar-refractivity contribution >= 4 is 11.9 Å². The first-order valence-electron chi connectivity index (χ1n) is 12.7. The lowest BCUT2D eigenvalue weighted by atomic mass is 10.1. The summed E-state index contributed by atoms with van der Waals surface area (Å²) in [7, 11) is 0. The Labute approximate surface area is 190 Å². The zero-order chi connectivity index (χ0) is 22.7. The summed E-state index contributed by atoms with van der Waals surface area (Å²) in [6.07, 6.45) is 15.7. The van der Waals surface area contributed by atoms with E-state index in [0.29, 0.717) is 24.3 Å². The van der Waals surface area contributed by atoms with E-state index in [-0.39, 0.29) is 11.9 Å². The van der Waals surface area contributed by atoms with Crippen molar-refractivity contribution in [3.05, 3.63) is 23.8 Å². The molecule has 4 heteroatoms. The fourth-order valence-electron chi connectivity index (χ4n) is 3.60. The summed E-state index contributed by atoms with van der Waals surface area (Å²) in [5.41, 5.74) is 0.945. The Bertz CT molecular complexity index is 624. The van der Waals surface area contributed by atoms with Gasteiger partial charge >= 0.3 is 11.9 Å². The molecule has 0 saturated carbocycles. The van der Waals surface area contributed by atoms with Crippen LogP contribution in [-0.2, 0) is 16.0 Å². The van der Waals surface area contributed by atoms with Gasteiger partial charge in [-0.25, -0.2) is 0 Å². The molecular formula is C27H44O4. The highest BCUT2D eigenvalue weighted by molar-refractivity contribution is 5.76. The maximum atomic E-state index is 12.5. The number of rotatable bonds is 18. The predicted octanol–water partition coefficient (Wildman–Crippen LogP) is 7.95. The monoisotopic (exact) mass is 432 g/mol. The number of aryl methyl sites for hydroxylation is 1. The molecule has 0 aromatic heterocycles. The molecule has 0 amide bonds. The third kappa shape index (κ3) is 12.6. The second-order valence-electron chi connectivity index (χ2n) is 8.48. The first-order valence-corrected chi connectivity index (χ1v) is 12.7. The number of benzene rings is 1. The van der Waals surface area contributed by atoms with Gasteiger partial charge in [-0.15, -0.1) is 0 Å². The Morgan fingerprint density at radius 1 is 0.645 bits per heavy atom. The number of unbranched alkanes of at least 4 members (excludes halogenated alkanes) is 10. The molecule has 0 aliphatic carbocycles. The molecule has 1 aromatic rings. The summed E-state index contributed by atoms with van der Waals surface area (Å²) in [5, 5.41) is 0. The van der Waals surface area contributed by atoms with E-state index in [9.17, 15) is 9.59 Å². The zero-order valence-corrected chi connectivity index (χ0v) is 20.2. The number of ether oxygens (including phenoxy) is 2. The SMILES string of the molecule is CCCCCCCC(=O)Oc1cccc(CCCCC)c1OC(=O)CCCCCCC. The Balaban J connectivity index is 2.73. The van der Waals surface area contributed by atoms with Gasteiger partial charge in [0, 0.05) is 12.8 Å². The second-order valence-corrected chi connectivity index (χ2v) is 8.48. The van der Waals surface area contributed by atoms with Gasteiger partial charge in [-0.05, 0) is 37.3 Å². The fourth-order valence-corrected chi connectivity index (χ4v) is 3.60. The van der Waals surface area contributed by atoms with Crippen molar-refractivity contribution in [1.82, 2.24) is 0 Å². The summed E-state index contributed by atoms with van der Waals surface area (Å²) in [5.74, 6) is 0.332. The third-order valence-corrected chi connectivity index (χ3v) is 5.52. The number of carbonyl (C=O) groups excluding carboxylic acids is 2. The molecule has 1 aromatic carbocycles. The van der Waals surface area contributed by atoms with Crippen molar-refractivity contribution in [2.75, 3.05) is 0 Å². The average Bonchev–Trinajstić information content (AvgIpc) is 2.75. The smallest absolute Gasteiger partial charge is 0.311 e. The van der Waals surface area contributed by atoms with Gasteiger partial charge in [0.2, 0.25) is 0 Å². The largest absolute Gasteiger partial charge is 0.423 e. The maximum Gasteiger partial charge on any atom is 0.311 e. The fraction of sp³-hybridized carbons (Fsp3) is 0.704. The van der Waals surface area contributed by atoms with Crippen molar-refractivity contribution in [1.29, 1.82) is 0 Å². The van der Waals surface area contributed by atoms with E-state index < -0.39 is 0 Å². The molecule has 0 atom stereocenters. The van der Waals surface area contributed by atoms with Gasteiger partial charge in [0.15, 0.2) is 11.5 Å². The molecule has 0 N–H and O–H groups in total. The summed E-state index contributed by atoms with van der Waals surface area (Å²) in [4.78, 5) is 24.8. The van der Waals surface area contributed by atoms with Crippen LogP contribution in [0.3, 0.4) is 0 Å². The van der Waals surface area contributed by atoms with Gasteiger partial charge < -0.3 is 9.47 Å². The lowest BCUT2D eigenvalue weighted by molar-refractivity contribution is -0.137. The van der Waals surface area contributed by atoms with Crippen LogP contribution in [-0.4, -0.2) is 11.9 Å². The zero-order valence-electron chi connectivity index (χ0n) is 20.2. The van der Waals surface area contributed by atoms with Gasteiger partial charge in [0.1, 0.15) is 0 Å². The molecule has 0 heterocycles. The molecule has 0 fully saturated rings. The van der Waals surface area contributed by atoms with Gasteiger partial charge in [0.05, 0.1) is 0 Å². The quantitative estimate of drug-likeness (QED) is 0.134. The number of hydrogen-bond donors (Lipinski definition) is 0. The van der Waals surface area contributed by atoms with Crippen molar-refractivity contribution < 1.29 is 19.1 Å². The molecule has 0 aliphatic rings. The molecule has 0 bridgehead atoms. The van der Waals surface area contributed by atoms with E-state index in [2.05, 4.69) is 20.8 Å². The molecule has 0 saturated heterocycles. The number of hydrogen-bond acceptors (Lipinski definition) is 4. The van der Waals surface area contributed by atoms with E-state index >= 15 is 0 Å². The summed E-state index contributed by atoms with van der Waals surface area (Å²) >= 11 is 0. The normalized spacial score (nSPS) is 10.8. The minimum absolute atomic E-state index is 0.240. The van der Waals surface area contributed by atoms with Crippen LogP contribution in [0.1, 0.15) is 123 Å². The molecule has 0 spiro atoms. The lowest BCUT2D eigenvalue weighted by Gasteiger charge is -2.15. The standard InChI is InChI=1S/C27H44O4/c1-4-7-10-12-15-21-25(28)30-24-20-17-19-23(18-14-9-6-3)27(24)31-26(29)22-16-13-11-8-5-2/h17,19-20H,4-16,18,21-22H2,1-3H3. The Kier molecular flexibility index (Phi) is 15.6. The second kappa shape index (κ2) is 17.8. The van der Waals surface area contributed by atoms with Crippen molar-refractivity contribution in [3.63, 3.8) is 0 Å². The van der Waals surface area contributed by atoms with Gasteiger partial charge in [-0.1, -0.05) is 97.1 Å². The third-order valence-electron chi connectivity index (χ3n) is 5.52. The average molecular weight is 433 g/mol. The van der Waals surface area contributed by atoms with E-state index in [4.69, 9.17) is 9.47 Å². The highest BCUT2D eigenvalue weighted by atomic mass is 16.6. The highest BCUT2D eigenvalue weighted by Gasteiger charge is 2.17. The topological polar surface area (TPSA) is 52.6 Å². The van der Waals surface area contributed by atoms with E-state index in [1.54, 1.807) is 6.07 Å². The Hall–Kier alpha value is -1.84. The number of carbonyl (C=O) groups is 2. The predicted molar refractivity (Wildman–Crippen MR) is 128 cm³/mol. The van der Waals surface area contributed by atoms with Crippen LogP contribution in [0.15, 0.2) is 18.2 Å². The summed E-state index contributed by atoms with van der Waals surface area (Å²) in [6, 6.07) is 5.59. The van der Waals surface area contributed by atoms with Crippen LogP contribution in [0.2, 0.25) is 0 Å². The summed E-state index contributed by atoms with van der Waals surface area (Å²) in [6.45, 7) is 6.52. The Morgan fingerprint density at radius 3 is 1.74 bits per heavy atom. The van der Waals surface area contributed by atoms with E-state index in [0.717, 1.165) is 69.8 Å². The van der Waals surface area contributed by atoms with Crippen LogP contribution in [0.25, 0.3) is 0 Å². The molecule has 176 valence electrons. The summed E-state index contributed by atoms with van der Waals surface area (Å²) < 4.78 is 11.4. The van der Waals surface area contributed by atoms with Crippen molar-refractivity contribution in [2.45, 2.75) is 124 Å². The first-order chi connectivity index (χ1) is 15.1. The molecule has 4 nitrogen and oxygen atoms in total.